The van der Waals surface area contributed by atoms with Gasteiger partial charge in [0.25, 0.3) is 11.6 Å². The van der Waals surface area contributed by atoms with Crippen molar-refractivity contribution >= 4 is 17.8 Å². The fourth-order valence-electron chi connectivity index (χ4n) is 4.29. The van der Waals surface area contributed by atoms with E-state index in [0.717, 1.165) is 0 Å². The van der Waals surface area contributed by atoms with Crippen molar-refractivity contribution in [3.05, 3.63) is 0 Å². The van der Waals surface area contributed by atoms with Gasteiger partial charge in [-0.1, -0.05) is 0 Å². The summed E-state index contributed by atoms with van der Waals surface area (Å²) in [6.07, 6.45) is -21.1. The molecule has 1 amide bonds. The second-order valence-corrected chi connectivity index (χ2v) is 9.17. The van der Waals surface area contributed by atoms with Crippen LogP contribution in [0.15, 0.2) is 0 Å². The van der Waals surface area contributed by atoms with Gasteiger partial charge in [0, 0.05) is 12.8 Å². The van der Waals surface area contributed by atoms with Crippen LogP contribution in [0.5, 0.6) is 0 Å². The molecule has 226 valence electrons. The predicted molar refractivity (Wildman–Crippen MR) is 116 cm³/mol. The van der Waals surface area contributed by atoms with Gasteiger partial charge in [-0.15, -0.1) is 0 Å². The standard InChI is InChI=1S/C20H33NO18/c22-3-8(27)13(30)16-12(29)7(26)2-20(39-16,18(34)35)37-9(4-23)14(31)15-11(21-10(28)5-24)6(25)1-19(36,38-15)17(32)33/h6-9,11-16,22-27,29-31,36H,1-5H2,(H,21,28)(H,32,33)(H,34,35)/t6-,7-,8+,9+,11+,12+,13+,14+,15+,16+,19+,20+/m0/s1. The maximum Gasteiger partial charge on any atom is 0.364 e. The van der Waals surface area contributed by atoms with E-state index >= 15 is 0 Å². The van der Waals surface area contributed by atoms with Crippen LogP contribution in [0.4, 0.5) is 0 Å². The topological polar surface area (TPSA) is 334 Å². The molecule has 0 radical (unpaired) electrons. The van der Waals surface area contributed by atoms with Crippen molar-refractivity contribution in [3.63, 3.8) is 0 Å². The molecule has 19 heteroatoms. The van der Waals surface area contributed by atoms with Gasteiger partial charge in [-0.3, -0.25) is 4.79 Å². The molecule has 19 nitrogen and oxygen atoms in total. The number of carboxylic acids is 2. The number of amides is 1. The molecule has 2 saturated heterocycles. The van der Waals surface area contributed by atoms with Crippen LogP contribution >= 0.6 is 0 Å². The van der Waals surface area contributed by atoms with E-state index in [1.165, 1.54) is 0 Å². The third-order valence-electron chi connectivity index (χ3n) is 6.41. The summed E-state index contributed by atoms with van der Waals surface area (Å²) in [5, 5.41) is 121. The molecule has 2 aliphatic rings. The van der Waals surface area contributed by atoms with Crippen molar-refractivity contribution in [2.45, 2.75) is 85.4 Å². The van der Waals surface area contributed by atoms with Crippen molar-refractivity contribution in [2.75, 3.05) is 19.8 Å². The summed E-state index contributed by atoms with van der Waals surface area (Å²) >= 11 is 0. The molecule has 0 saturated carbocycles. The Balaban J connectivity index is 2.45. The second kappa shape index (κ2) is 13.0. The SMILES string of the molecule is O=C(CO)N[C@H]1[C@H]([C@H](O)[C@@H](CO)O[C@]2(C(=O)O)C[C@H](O)[C@@H](O)[C@H]([C@H](O)[C@H](O)CO)O2)O[C@@](O)(C(=O)O)C[C@@H]1O. The van der Waals surface area contributed by atoms with E-state index in [2.05, 4.69) is 0 Å². The lowest BCUT2D eigenvalue weighted by molar-refractivity contribution is -0.352. The predicted octanol–water partition coefficient (Wildman–Crippen LogP) is -7.87. The third-order valence-corrected chi connectivity index (χ3v) is 6.41. The van der Waals surface area contributed by atoms with Crippen LogP contribution in [0.25, 0.3) is 0 Å². The van der Waals surface area contributed by atoms with Crippen molar-refractivity contribution < 1.29 is 89.9 Å². The Morgan fingerprint density at radius 3 is 1.97 bits per heavy atom. The molecular formula is C20H33NO18. The number of hydrogen-bond acceptors (Lipinski definition) is 16. The number of aliphatic carboxylic acids is 2. The van der Waals surface area contributed by atoms with Gasteiger partial charge in [-0.05, 0) is 0 Å². The van der Waals surface area contributed by atoms with Crippen LogP contribution in [0, 0.1) is 0 Å². The number of nitrogens with one attached hydrogen (secondary N) is 1. The number of rotatable bonds is 12. The summed E-state index contributed by atoms with van der Waals surface area (Å²) in [5.41, 5.74) is 0. The van der Waals surface area contributed by atoms with Gasteiger partial charge < -0.3 is 80.8 Å². The van der Waals surface area contributed by atoms with Crippen LogP contribution < -0.4 is 5.32 Å². The van der Waals surface area contributed by atoms with Gasteiger partial charge in [-0.2, -0.15) is 0 Å². The minimum absolute atomic E-state index is 1.04. The molecule has 2 fully saturated rings. The van der Waals surface area contributed by atoms with Gasteiger partial charge in [0.15, 0.2) is 0 Å². The number of carboxylic acid groups (broad SMARTS) is 2. The summed E-state index contributed by atoms with van der Waals surface area (Å²) in [5.74, 6) is -11.4. The van der Waals surface area contributed by atoms with E-state index in [9.17, 15) is 65.4 Å². The lowest BCUT2D eigenvalue weighted by Crippen LogP contribution is -2.69. The maximum absolute atomic E-state index is 12.2. The highest BCUT2D eigenvalue weighted by atomic mass is 16.7. The Labute approximate surface area is 219 Å². The van der Waals surface area contributed by atoms with Gasteiger partial charge >= 0.3 is 11.9 Å². The Morgan fingerprint density at radius 2 is 1.49 bits per heavy atom. The largest absolute Gasteiger partial charge is 0.477 e. The Kier molecular flexibility index (Phi) is 11.1. The van der Waals surface area contributed by atoms with Gasteiger partial charge in [0.05, 0.1) is 31.5 Å². The first-order chi connectivity index (χ1) is 18.1. The summed E-state index contributed by atoms with van der Waals surface area (Å²) < 4.78 is 15.4. The van der Waals surface area contributed by atoms with Crippen molar-refractivity contribution in [1.29, 1.82) is 0 Å². The van der Waals surface area contributed by atoms with Crippen LogP contribution in [-0.4, -0.2) is 171 Å². The highest BCUT2D eigenvalue weighted by Crippen LogP contribution is 2.36. The molecule has 0 aromatic rings. The average molecular weight is 575 g/mol. The van der Waals surface area contributed by atoms with Crippen LogP contribution in [0.2, 0.25) is 0 Å². The highest BCUT2D eigenvalue weighted by molar-refractivity contribution is 5.78. The molecule has 0 aromatic carbocycles. The summed E-state index contributed by atoms with van der Waals surface area (Å²) in [6.45, 7) is -3.50. The molecule has 0 aliphatic carbocycles. The van der Waals surface area contributed by atoms with E-state index in [0.29, 0.717) is 0 Å². The van der Waals surface area contributed by atoms with E-state index in [-0.39, 0.29) is 0 Å². The zero-order valence-corrected chi connectivity index (χ0v) is 20.1. The Hall–Kier alpha value is -2.11. The summed E-state index contributed by atoms with van der Waals surface area (Å²) in [6, 6.07) is -1.76. The van der Waals surface area contributed by atoms with E-state index in [1.54, 1.807) is 0 Å². The summed E-state index contributed by atoms with van der Waals surface area (Å²) in [4.78, 5) is 35.5. The number of ether oxygens (including phenoxy) is 3. The number of carbonyl (C=O) groups excluding carboxylic acids is 1. The smallest absolute Gasteiger partial charge is 0.364 e. The average Bonchev–Trinajstić information content (AvgIpc) is 2.88. The van der Waals surface area contributed by atoms with Crippen molar-refractivity contribution in [1.82, 2.24) is 5.32 Å². The molecule has 0 bridgehead atoms. The van der Waals surface area contributed by atoms with Crippen LogP contribution in [0.3, 0.4) is 0 Å². The zero-order valence-electron chi connectivity index (χ0n) is 20.1. The van der Waals surface area contributed by atoms with Gasteiger partial charge in [0.1, 0.15) is 49.3 Å². The first-order valence-electron chi connectivity index (χ1n) is 11.5. The molecule has 0 aromatic heterocycles. The van der Waals surface area contributed by atoms with E-state index in [4.69, 9.17) is 24.4 Å². The molecule has 0 unspecified atom stereocenters. The van der Waals surface area contributed by atoms with Crippen molar-refractivity contribution in [2.24, 2.45) is 0 Å². The fourth-order valence-corrected chi connectivity index (χ4v) is 4.29. The molecule has 2 aliphatic heterocycles. The molecule has 13 N–H and O–H groups in total. The molecule has 2 heterocycles. The quantitative estimate of drug-likeness (QED) is 0.103. The van der Waals surface area contributed by atoms with Crippen LogP contribution in [0.1, 0.15) is 12.8 Å². The highest BCUT2D eigenvalue weighted by Gasteiger charge is 2.59. The van der Waals surface area contributed by atoms with Crippen LogP contribution in [-0.2, 0) is 28.6 Å². The number of aliphatic hydroxyl groups excluding tert-OH is 9. The number of hydrogen-bond donors (Lipinski definition) is 13. The minimum atomic E-state index is -3.15. The summed E-state index contributed by atoms with van der Waals surface area (Å²) in [7, 11) is 0. The minimum Gasteiger partial charge on any atom is -0.477 e. The molecule has 2 rings (SSSR count). The number of carbonyl (C=O) groups is 3. The lowest BCUT2D eigenvalue weighted by Gasteiger charge is -2.48. The van der Waals surface area contributed by atoms with Crippen molar-refractivity contribution in [3.8, 4) is 0 Å². The molecular weight excluding hydrogens is 542 g/mol. The normalized spacial score (nSPS) is 38.3. The molecule has 12 atom stereocenters. The first kappa shape index (κ1) is 33.1. The zero-order chi connectivity index (χ0) is 29.9. The monoisotopic (exact) mass is 575 g/mol. The Morgan fingerprint density at radius 1 is 0.872 bits per heavy atom. The van der Waals surface area contributed by atoms with E-state index < -0.39 is 123 Å². The third kappa shape index (κ3) is 6.97. The first-order valence-corrected chi connectivity index (χ1v) is 11.5. The van der Waals surface area contributed by atoms with Gasteiger partial charge in [0.2, 0.25) is 5.91 Å². The maximum atomic E-state index is 12.2. The Bertz CT molecular complexity index is 876. The fraction of sp³-hybridized carbons (Fsp3) is 0.850. The second-order valence-electron chi connectivity index (χ2n) is 9.17. The van der Waals surface area contributed by atoms with E-state index in [1.807, 2.05) is 5.32 Å². The lowest BCUT2D eigenvalue weighted by atomic mass is 9.88. The molecule has 0 spiro atoms. The number of aliphatic hydroxyl groups is 10. The van der Waals surface area contributed by atoms with Gasteiger partial charge in [-0.25, -0.2) is 9.59 Å². The molecule has 39 heavy (non-hydrogen) atoms.